The molecule has 0 amide bonds. The van der Waals surface area contributed by atoms with Gasteiger partial charge in [-0.05, 0) is 48.5 Å². The molecule has 206 valence electrons. The summed E-state index contributed by atoms with van der Waals surface area (Å²) in [4.78, 5) is 50.5. The molecule has 5 aromatic carbocycles. The van der Waals surface area contributed by atoms with E-state index in [2.05, 4.69) is 0 Å². The molecule has 2 N–H and O–H groups in total. The second-order valence-corrected chi connectivity index (χ2v) is 9.10. The highest BCUT2D eigenvalue weighted by molar-refractivity contribution is 6.11. The topological polar surface area (TPSA) is 127 Å². The number of rotatable bonds is 8. The van der Waals surface area contributed by atoms with Gasteiger partial charge in [-0.15, -0.1) is 0 Å². The predicted octanol–water partition coefficient (Wildman–Crippen LogP) is 6.00. The number of carbonyl (C=O) groups excluding carboxylic acids is 4. The minimum atomic E-state index is -0.750. The average Bonchev–Trinajstić information content (AvgIpc) is 3.01. The average molecular weight is 559 g/mol. The van der Waals surface area contributed by atoms with Gasteiger partial charge in [0.15, 0.2) is 11.6 Å². The van der Waals surface area contributed by atoms with Gasteiger partial charge in [0, 0.05) is 23.3 Å². The minimum absolute atomic E-state index is 0.0274. The zero-order valence-electron chi connectivity index (χ0n) is 21.9. The molecule has 0 fully saturated rings. The maximum atomic E-state index is 12.6. The highest BCUT2D eigenvalue weighted by Crippen LogP contribution is 2.28. The summed E-state index contributed by atoms with van der Waals surface area (Å²) in [5.41, 5.74) is 1.18. The molecule has 5 aromatic rings. The van der Waals surface area contributed by atoms with Gasteiger partial charge in [-0.2, -0.15) is 0 Å². The van der Waals surface area contributed by atoms with Crippen molar-refractivity contribution in [3.8, 4) is 23.0 Å². The van der Waals surface area contributed by atoms with Crippen LogP contribution in [0.5, 0.6) is 23.0 Å². The highest BCUT2D eigenvalue weighted by atomic mass is 16.5. The van der Waals surface area contributed by atoms with E-state index in [1.165, 1.54) is 60.7 Å². The van der Waals surface area contributed by atoms with Gasteiger partial charge in [-0.3, -0.25) is 9.59 Å². The second kappa shape index (κ2) is 12.0. The van der Waals surface area contributed by atoms with Crippen LogP contribution >= 0.6 is 0 Å². The Morgan fingerprint density at radius 3 is 1.12 bits per heavy atom. The van der Waals surface area contributed by atoms with Crippen molar-refractivity contribution in [3.63, 3.8) is 0 Å². The first-order valence-electron chi connectivity index (χ1n) is 12.7. The number of ether oxygens (including phenoxy) is 2. The molecular formula is C34H22O8. The van der Waals surface area contributed by atoms with Crippen molar-refractivity contribution in [2.45, 2.75) is 0 Å². The summed E-state index contributed by atoms with van der Waals surface area (Å²) in [5.74, 6) is -2.87. The van der Waals surface area contributed by atoms with Gasteiger partial charge in [0.25, 0.3) is 0 Å². The first-order valence-corrected chi connectivity index (χ1v) is 12.7. The Morgan fingerprint density at radius 1 is 0.429 bits per heavy atom. The Morgan fingerprint density at radius 2 is 0.786 bits per heavy atom. The zero-order valence-corrected chi connectivity index (χ0v) is 21.9. The van der Waals surface area contributed by atoms with Crippen LogP contribution in [0.4, 0.5) is 0 Å². The van der Waals surface area contributed by atoms with Crippen molar-refractivity contribution in [1.82, 2.24) is 0 Å². The molecule has 5 rings (SSSR count). The molecule has 8 nitrogen and oxygen atoms in total. The SMILES string of the molecule is O=C(Oc1ccc(C(=O)c2ccccc2)c(O)c1)c1ccc(C(=O)Oc2ccc(C(=O)c3ccccc3)c(O)c2)cc1. The van der Waals surface area contributed by atoms with Crippen LogP contribution in [0.15, 0.2) is 121 Å². The third kappa shape index (κ3) is 6.08. The monoisotopic (exact) mass is 558 g/mol. The molecule has 0 heterocycles. The third-order valence-electron chi connectivity index (χ3n) is 6.28. The molecule has 8 heteroatoms. The van der Waals surface area contributed by atoms with E-state index in [1.807, 2.05) is 0 Å². The van der Waals surface area contributed by atoms with E-state index >= 15 is 0 Å². The van der Waals surface area contributed by atoms with Crippen LogP contribution in [-0.2, 0) is 0 Å². The van der Waals surface area contributed by atoms with Crippen LogP contribution in [0.25, 0.3) is 0 Å². The normalized spacial score (nSPS) is 10.5. The number of esters is 2. The summed E-state index contributed by atoms with van der Waals surface area (Å²) in [7, 11) is 0. The van der Waals surface area contributed by atoms with Crippen molar-refractivity contribution in [2.75, 3.05) is 0 Å². The van der Waals surface area contributed by atoms with Gasteiger partial charge < -0.3 is 19.7 Å². The summed E-state index contributed by atoms with van der Waals surface area (Å²) >= 11 is 0. The maximum Gasteiger partial charge on any atom is 0.343 e. The van der Waals surface area contributed by atoms with Crippen molar-refractivity contribution < 1.29 is 38.9 Å². The van der Waals surface area contributed by atoms with E-state index in [0.717, 1.165) is 0 Å². The molecule has 0 spiro atoms. The van der Waals surface area contributed by atoms with Gasteiger partial charge >= 0.3 is 11.9 Å². The number of hydrogen-bond donors (Lipinski definition) is 2. The van der Waals surface area contributed by atoms with Crippen LogP contribution in [0.1, 0.15) is 52.6 Å². The van der Waals surface area contributed by atoms with Gasteiger partial charge in [0.2, 0.25) is 0 Å². The molecule has 0 unspecified atom stereocenters. The zero-order chi connectivity index (χ0) is 29.6. The van der Waals surface area contributed by atoms with Crippen molar-refractivity contribution in [3.05, 3.63) is 155 Å². The van der Waals surface area contributed by atoms with Crippen LogP contribution < -0.4 is 9.47 Å². The number of hydrogen-bond acceptors (Lipinski definition) is 8. The smallest absolute Gasteiger partial charge is 0.343 e. The predicted molar refractivity (Wildman–Crippen MR) is 152 cm³/mol. The first-order chi connectivity index (χ1) is 20.3. The fraction of sp³-hybridized carbons (Fsp3) is 0. The standard InChI is InChI=1S/C34H22O8/c35-29-19-25(15-17-27(29)31(37)21-7-3-1-4-8-21)41-33(39)23-11-13-24(14-12-23)34(40)42-26-16-18-28(30(36)20-26)32(38)22-9-5-2-6-10-22/h1-20,35-36H. The second-order valence-electron chi connectivity index (χ2n) is 9.10. The Hall–Kier alpha value is -6.02. The fourth-order valence-electron chi connectivity index (χ4n) is 4.10. The Balaban J connectivity index is 1.21. The number of phenolic OH excluding ortho intramolecular Hbond substituents is 2. The Bertz CT molecular complexity index is 1660. The van der Waals surface area contributed by atoms with Crippen molar-refractivity contribution in [1.29, 1.82) is 0 Å². The summed E-state index contributed by atoms with van der Waals surface area (Å²) in [6.45, 7) is 0. The van der Waals surface area contributed by atoms with Crippen LogP contribution in [0.3, 0.4) is 0 Å². The maximum absolute atomic E-state index is 12.6. The number of phenols is 2. The first kappa shape index (κ1) is 27.5. The highest BCUT2D eigenvalue weighted by Gasteiger charge is 2.18. The molecule has 0 atom stereocenters. The molecule has 0 bridgehead atoms. The lowest BCUT2D eigenvalue weighted by molar-refractivity contribution is 0.0720. The van der Waals surface area contributed by atoms with Crippen molar-refractivity contribution in [2.24, 2.45) is 0 Å². The Labute approximate surface area is 240 Å². The molecular weight excluding hydrogens is 536 g/mol. The summed E-state index contributed by atoms with van der Waals surface area (Å²) in [5, 5.41) is 20.7. The Kier molecular flexibility index (Phi) is 7.88. The van der Waals surface area contributed by atoms with Crippen molar-refractivity contribution >= 4 is 23.5 Å². The van der Waals surface area contributed by atoms with E-state index in [9.17, 15) is 29.4 Å². The molecule has 0 aliphatic rings. The number of carbonyl (C=O) groups is 4. The molecule has 0 aromatic heterocycles. The van der Waals surface area contributed by atoms with E-state index in [-0.39, 0.29) is 56.8 Å². The number of ketones is 2. The summed E-state index contributed by atoms with van der Waals surface area (Å²) in [6.07, 6.45) is 0. The molecule has 0 saturated carbocycles. The number of aromatic hydroxyl groups is 2. The van der Waals surface area contributed by atoms with Crippen LogP contribution in [-0.4, -0.2) is 33.7 Å². The molecule has 0 aliphatic heterocycles. The lowest BCUT2D eigenvalue weighted by Gasteiger charge is -2.09. The van der Waals surface area contributed by atoms with E-state index in [4.69, 9.17) is 9.47 Å². The van der Waals surface area contributed by atoms with E-state index in [0.29, 0.717) is 11.1 Å². The lowest BCUT2D eigenvalue weighted by atomic mass is 10.0. The lowest BCUT2D eigenvalue weighted by Crippen LogP contribution is -2.11. The number of benzene rings is 5. The molecule has 0 saturated heterocycles. The van der Waals surface area contributed by atoms with Gasteiger partial charge in [0.1, 0.15) is 23.0 Å². The molecule has 0 aliphatic carbocycles. The fourth-order valence-corrected chi connectivity index (χ4v) is 4.10. The van der Waals surface area contributed by atoms with Crippen LogP contribution in [0, 0.1) is 0 Å². The summed E-state index contributed by atoms with van der Waals surface area (Å²) in [6, 6.07) is 30.3. The van der Waals surface area contributed by atoms with Gasteiger partial charge in [0.05, 0.1) is 22.3 Å². The molecule has 42 heavy (non-hydrogen) atoms. The van der Waals surface area contributed by atoms with E-state index < -0.39 is 11.9 Å². The van der Waals surface area contributed by atoms with Crippen LogP contribution in [0.2, 0.25) is 0 Å². The summed E-state index contributed by atoms with van der Waals surface area (Å²) < 4.78 is 10.6. The van der Waals surface area contributed by atoms with E-state index in [1.54, 1.807) is 60.7 Å². The quantitative estimate of drug-likeness (QED) is 0.135. The minimum Gasteiger partial charge on any atom is -0.507 e. The van der Waals surface area contributed by atoms with Gasteiger partial charge in [-0.25, -0.2) is 9.59 Å². The largest absolute Gasteiger partial charge is 0.507 e. The van der Waals surface area contributed by atoms with Gasteiger partial charge in [-0.1, -0.05) is 60.7 Å². The molecule has 0 radical (unpaired) electrons. The third-order valence-corrected chi connectivity index (χ3v) is 6.28.